The molecule has 0 aromatic carbocycles. The lowest BCUT2D eigenvalue weighted by atomic mass is 10.2. The van der Waals surface area contributed by atoms with E-state index in [1.54, 1.807) is 0 Å². The van der Waals surface area contributed by atoms with Crippen molar-refractivity contribution in [1.29, 1.82) is 0 Å². The predicted molar refractivity (Wildman–Crippen MR) is 88.0 cm³/mol. The molecule has 0 amide bonds. The van der Waals surface area contributed by atoms with Gasteiger partial charge in [-0.15, -0.1) is 10.2 Å². The van der Waals surface area contributed by atoms with Gasteiger partial charge in [0.2, 0.25) is 5.13 Å². The fraction of sp³-hybridized carbons (Fsp3) is 0.533. The normalized spacial score (nSPS) is 10.8. The van der Waals surface area contributed by atoms with Gasteiger partial charge in [0, 0.05) is 18.8 Å². The van der Waals surface area contributed by atoms with E-state index in [0.717, 1.165) is 43.2 Å². The van der Waals surface area contributed by atoms with Crippen LogP contribution >= 0.6 is 11.3 Å². The van der Waals surface area contributed by atoms with E-state index < -0.39 is 0 Å². The van der Waals surface area contributed by atoms with Gasteiger partial charge in [-0.3, -0.25) is 4.79 Å². The molecule has 2 aromatic heterocycles. The molecule has 5 nitrogen and oxygen atoms in total. The first-order valence-electron chi connectivity index (χ1n) is 7.45. The first kappa shape index (κ1) is 15.7. The second kappa shape index (κ2) is 7.36. The predicted octanol–water partition coefficient (Wildman–Crippen LogP) is 3.30. The topological polar surface area (TPSA) is 59.8 Å². The summed E-state index contributed by atoms with van der Waals surface area (Å²) in [5.41, 5.74) is 1.66. The zero-order chi connectivity index (χ0) is 15.2. The van der Waals surface area contributed by atoms with Crippen molar-refractivity contribution in [2.24, 2.45) is 0 Å². The molecule has 0 unspecified atom stereocenters. The van der Waals surface area contributed by atoms with Crippen molar-refractivity contribution in [3.63, 3.8) is 0 Å². The zero-order valence-electron chi connectivity index (χ0n) is 12.8. The molecule has 0 aliphatic rings. The summed E-state index contributed by atoms with van der Waals surface area (Å²) in [5, 5.41) is 12.9. The van der Waals surface area contributed by atoms with Crippen molar-refractivity contribution in [3.05, 3.63) is 28.2 Å². The van der Waals surface area contributed by atoms with Gasteiger partial charge in [0.15, 0.2) is 5.01 Å². The Morgan fingerprint density at radius 2 is 2.05 bits per heavy atom. The molecule has 0 saturated carbocycles. The monoisotopic (exact) mass is 306 g/mol. The molecule has 0 radical (unpaired) electrons. The van der Waals surface area contributed by atoms with Crippen LogP contribution in [-0.2, 0) is 6.54 Å². The Hall–Kier alpha value is -1.69. The first-order chi connectivity index (χ1) is 10.2. The molecule has 0 atom stereocenters. The van der Waals surface area contributed by atoms with E-state index in [1.165, 1.54) is 11.3 Å². The highest BCUT2D eigenvalue weighted by atomic mass is 32.1. The van der Waals surface area contributed by atoms with Crippen LogP contribution in [0.3, 0.4) is 0 Å². The Labute approximate surface area is 129 Å². The fourth-order valence-corrected chi connectivity index (χ4v) is 2.85. The number of hydrogen-bond acceptors (Lipinski definition) is 5. The standard InChI is InChI=1S/C15H22N4OS/c1-4-6-10-19-11(3)7-8-12(14(19)20)13-17-18-15(21-13)16-9-5-2/h7-8H,4-6,9-10H2,1-3H3,(H,16,18). The molecule has 0 spiro atoms. The molecule has 2 heterocycles. The van der Waals surface area contributed by atoms with E-state index in [0.29, 0.717) is 10.6 Å². The number of rotatable bonds is 7. The summed E-state index contributed by atoms with van der Waals surface area (Å²) in [5.74, 6) is 0. The van der Waals surface area contributed by atoms with Crippen molar-refractivity contribution in [1.82, 2.24) is 14.8 Å². The molecule has 1 N–H and O–H groups in total. The minimum atomic E-state index is 0.0293. The summed E-state index contributed by atoms with van der Waals surface area (Å²) >= 11 is 1.43. The third kappa shape index (κ3) is 3.69. The van der Waals surface area contributed by atoms with E-state index in [9.17, 15) is 4.79 Å². The number of anilines is 1. The van der Waals surface area contributed by atoms with Crippen LogP contribution in [0, 0.1) is 6.92 Å². The molecule has 114 valence electrons. The highest BCUT2D eigenvalue weighted by Crippen LogP contribution is 2.24. The minimum absolute atomic E-state index is 0.0293. The molecule has 6 heteroatoms. The number of aromatic nitrogens is 3. The molecule has 0 aliphatic heterocycles. The quantitative estimate of drug-likeness (QED) is 0.852. The van der Waals surface area contributed by atoms with Crippen LogP contribution in [0.5, 0.6) is 0 Å². The largest absolute Gasteiger partial charge is 0.360 e. The number of nitrogens with one attached hydrogen (secondary N) is 1. The van der Waals surface area contributed by atoms with Crippen molar-refractivity contribution in [3.8, 4) is 10.6 Å². The summed E-state index contributed by atoms with van der Waals surface area (Å²) in [4.78, 5) is 12.6. The molecular weight excluding hydrogens is 284 g/mol. The van der Waals surface area contributed by atoms with Crippen LogP contribution < -0.4 is 10.9 Å². The van der Waals surface area contributed by atoms with Gasteiger partial charge in [-0.25, -0.2) is 0 Å². The van der Waals surface area contributed by atoms with Gasteiger partial charge in [0.25, 0.3) is 5.56 Å². The molecule has 0 bridgehead atoms. The van der Waals surface area contributed by atoms with Gasteiger partial charge in [-0.2, -0.15) is 0 Å². The van der Waals surface area contributed by atoms with Gasteiger partial charge in [0.05, 0.1) is 5.56 Å². The van der Waals surface area contributed by atoms with E-state index in [-0.39, 0.29) is 5.56 Å². The van der Waals surface area contributed by atoms with Crippen molar-refractivity contribution in [2.75, 3.05) is 11.9 Å². The van der Waals surface area contributed by atoms with Crippen molar-refractivity contribution < 1.29 is 0 Å². The van der Waals surface area contributed by atoms with Gasteiger partial charge < -0.3 is 9.88 Å². The summed E-state index contributed by atoms with van der Waals surface area (Å²) in [7, 11) is 0. The molecule has 21 heavy (non-hydrogen) atoms. The van der Waals surface area contributed by atoms with E-state index in [2.05, 4.69) is 29.4 Å². The average molecular weight is 306 g/mol. The summed E-state index contributed by atoms with van der Waals surface area (Å²) in [6, 6.07) is 3.83. The first-order valence-corrected chi connectivity index (χ1v) is 8.27. The van der Waals surface area contributed by atoms with Gasteiger partial charge in [-0.05, 0) is 31.9 Å². The maximum absolute atomic E-state index is 12.6. The number of aryl methyl sites for hydroxylation is 1. The number of hydrogen-bond donors (Lipinski definition) is 1. The fourth-order valence-electron chi connectivity index (χ4n) is 2.06. The molecule has 2 rings (SSSR count). The highest BCUT2D eigenvalue weighted by molar-refractivity contribution is 7.18. The smallest absolute Gasteiger partial charge is 0.261 e. The van der Waals surface area contributed by atoms with Crippen LogP contribution in [0.4, 0.5) is 5.13 Å². The molecule has 0 fully saturated rings. The Morgan fingerprint density at radius 3 is 2.76 bits per heavy atom. The molecular formula is C15H22N4OS. The summed E-state index contributed by atoms with van der Waals surface area (Å²) in [6.07, 6.45) is 3.10. The van der Waals surface area contributed by atoms with Gasteiger partial charge in [0.1, 0.15) is 0 Å². The van der Waals surface area contributed by atoms with Crippen LogP contribution in [0.25, 0.3) is 10.6 Å². The van der Waals surface area contributed by atoms with Gasteiger partial charge in [-0.1, -0.05) is 31.6 Å². The van der Waals surface area contributed by atoms with Crippen LogP contribution in [0.15, 0.2) is 16.9 Å². The number of nitrogens with zero attached hydrogens (tertiary/aromatic N) is 3. The summed E-state index contributed by atoms with van der Waals surface area (Å²) in [6.45, 7) is 7.81. The zero-order valence-corrected chi connectivity index (χ0v) is 13.7. The minimum Gasteiger partial charge on any atom is -0.360 e. The second-order valence-electron chi connectivity index (χ2n) is 5.04. The Balaban J connectivity index is 2.31. The van der Waals surface area contributed by atoms with Crippen molar-refractivity contribution in [2.45, 2.75) is 46.6 Å². The lowest BCUT2D eigenvalue weighted by Gasteiger charge is -2.10. The van der Waals surface area contributed by atoms with Crippen LogP contribution in [0.1, 0.15) is 38.8 Å². The number of pyridine rings is 1. The molecule has 0 aliphatic carbocycles. The van der Waals surface area contributed by atoms with E-state index in [4.69, 9.17) is 0 Å². The lowest BCUT2D eigenvalue weighted by Crippen LogP contribution is -2.23. The maximum atomic E-state index is 12.6. The Bertz CT molecular complexity index is 647. The number of unbranched alkanes of at least 4 members (excludes halogenated alkanes) is 1. The van der Waals surface area contributed by atoms with Crippen LogP contribution in [-0.4, -0.2) is 21.3 Å². The van der Waals surface area contributed by atoms with Crippen molar-refractivity contribution >= 4 is 16.5 Å². The Kier molecular flexibility index (Phi) is 5.50. The second-order valence-corrected chi connectivity index (χ2v) is 6.02. The van der Waals surface area contributed by atoms with E-state index in [1.807, 2.05) is 23.6 Å². The highest BCUT2D eigenvalue weighted by Gasteiger charge is 2.13. The van der Waals surface area contributed by atoms with Gasteiger partial charge >= 0.3 is 0 Å². The molecule has 0 saturated heterocycles. The maximum Gasteiger partial charge on any atom is 0.261 e. The summed E-state index contributed by atoms with van der Waals surface area (Å²) < 4.78 is 1.83. The third-order valence-corrected chi connectivity index (χ3v) is 4.22. The third-order valence-electron chi connectivity index (χ3n) is 3.31. The Morgan fingerprint density at radius 1 is 1.24 bits per heavy atom. The SMILES string of the molecule is CCCCn1c(C)ccc(-c2nnc(NCCC)s2)c1=O. The lowest BCUT2D eigenvalue weighted by molar-refractivity contribution is 0.600. The molecule has 2 aromatic rings. The van der Waals surface area contributed by atoms with E-state index >= 15 is 0 Å². The average Bonchev–Trinajstić information content (AvgIpc) is 2.93. The van der Waals surface area contributed by atoms with Crippen LogP contribution in [0.2, 0.25) is 0 Å².